The standard InChI is InChI=1S/C11H20FP/c1-4-6-8-10(9-7-5-2)11(3,12)13/h4,9H,1,5-8,13H2,2-3H3/b10-9+. The van der Waals surface area contributed by atoms with E-state index in [4.69, 9.17) is 0 Å². The smallest absolute Gasteiger partial charge is 0.141 e. The van der Waals surface area contributed by atoms with E-state index in [0.29, 0.717) is 0 Å². The lowest BCUT2D eigenvalue weighted by Crippen LogP contribution is -2.11. The van der Waals surface area contributed by atoms with E-state index in [0.717, 1.165) is 31.3 Å². The Morgan fingerprint density at radius 3 is 2.54 bits per heavy atom. The van der Waals surface area contributed by atoms with Crippen LogP contribution in [0.1, 0.15) is 39.5 Å². The van der Waals surface area contributed by atoms with Crippen molar-refractivity contribution in [2.24, 2.45) is 0 Å². The minimum absolute atomic E-state index is 0.778. The van der Waals surface area contributed by atoms with E-state index in [2.05, 4.69) is 22.7 Å². The molecule has 2 heteroatoms. The Balaban J connectivity index is 4.27. The largest absolute Gasteiger partial charge is 0.235 e. The molecule has 0 radical (unpaired) electrons. The SMILES string of the molecule is C=CCC/C(=C\CCC)C(C)(F)P. The van der Waals surface area contributed by atoms with E-state index in [9.17, 15) is 4.39 Å². The number of rotatable bonds is 6. The van der Waals surface area contributed by atoms with Gasteiger partial charge in [0.25, 0.3) is 0 Å². The first-order chi connectivity index (χ1) is 6.02. The second-order valence-electron chi connectivity index (χ2n) is 3.42. The lowest BCUT2D eigenvalue weighted by atomic mass is 10.0. The van der Waals surface area contributed by atoms with Gasteiger partial charge in [-0.1, -0.05) is 34.7 Å². The molecule has 0 aromatic rings. The lowest BCUT2D eigenvalue weighted by Gasteiger charge is -2.18. The minimum atomic E-state index is -1.25. The monoisotopic (exact) mass is 202 g/mol. The van der Waals surface area contributed by atoms with Gasteiger partial charge in [0.05, 0.1) is 0 Å². The second kappa shape index (κ2) is 6.32. The Morgan fingerprint density at radius 2 is 2.15 bits per heavy atom. The third-order valence-corrected chi connectivity index (χ3v) is 2.30. The molecule has 0 aromatic heterocycles. The lowest BCUT2D eigenvalue weighted by molar-refractivity contribution is 0.356. The van der Waals surface area contributed by atoms with Gasteiger partial charge in [0.15, 0.2) is 0 Å². The zero-order chi connectivity index (χ0) is 10.3. The molecule has 0 saturated carbocycles. The highest BCUT2D eigenvalue weighted by molar-refractivity contribution is 7.19. The van der Waals surface area contributed by atoms with Crippen LogP contribution in [-0.2, 0) is 0 Å². The molecule has 2 unspecified atom stereocenters. The summed E-state index contributed by atoms with van der Waals surface area (Å²) in [7, 11) is 2.25. The first kappa shape index (κ1) is 12.8. The summed E-state index contributed by atoms with van der Waals surface area (Å²) in [6, 6.07) is 0. The van der Waals surface area contributed by atoms with Crippen molar-refractivity contribution in [2.75, 3.05) is 0 Å². The fraction of sp³-hybridized carbons (Fsp3) is 0.636. The summed E-state index contributed by atoms with van der Waals surface area (Å²) in [5, 5.41) is -1.25. The van der Waals surface area contributed by atoms with Crippen LogP contribution < -0.4 is 0 Å². The van der Waals surface area contributed by atoms with Gasteiger partial charge in [-0.2, -0.15) is 0 Å². The third kappa shape index (κ3) is 5.99. The first-order valence-corrected chi connectivity index (χ1v) is 5.38. The fourth-order valence-corrected chi connectivity index (χ4v) is 1.38. The molecule has 0 nitrogen and oxygen atoms in total. The molecule has 0 N–H and O–H groups in total. The summed E-state index contributed by atoms with van der Waals surface area (Å²) >= 11 is 0. The molecule has 0 bridgehead atoms. The maximum absolute atomic E-state index is 13.6. The Morgan fingerprint density at radius 1 is 1.54 bits per heavy atom. The fourth-order valence-electron chi connectivity index (χ4n) is 1.12. The Hall–Kier alpha value is -0.160. The highest BCUT2D eigenvalue weighted by Crippen LogP contribution is 2.32. The van der Waals surface area contributed by atoms with Crippen LogP contribution in [0.15, 0.2) is 24.3 Å². The summed E-state index contributed by atoms with van der Waals surface area (Å²) in [6.45, 7) is 7.32. The Kier molecular flexibility index (Phi) is 6.24. The second-order valence-corrected chi connectivity index (χ2v) is 4.51. The van der Waals surface area contributed by atoms with Gasteiger partial charge in [-0.3, -0.25) is 0 Å². The van der Waals surface area contributed by atoms with Crippen molar-refractivity contribution in [3.63, 3.8) is 0 Å². The molecule has 76 valence electrons. The van der Waals surface area contributed by atoms with Crippen LogP contribution in [-0.4, -0.2) is 5.41 Å². The van der Waals surface area contributed by atoms with Crippen molar-refractivity contribution in [3.8, 4) is 0 Å². The number of halogens is 1. The molecule has 0 aliphatic rings. The predicted octanol–water partition coefficient (Wildman–Crippen LogP) is 4.24. The summed E-state index contributed by atoms with van der Waals surface area (Å²) < 4.78 is 13.6. The van der Waals surface area contributed by atoms with Crippen molar-refractivity contribution in [1.29, 1.82) is 0 Å². The van der Waals surface area contributed by atoms with Crippen LogP contribution in [0.2, 0.25) is 0 Å². The van der Waals surface area contributed by atoms with Crippen LogP contribution >= 0.6 is 9.24 Å². The maximum Gasteiger partial charge on any atom is 0.141 e. The van der Waals surface area contributed by atoms with Crippen molar-refractivity contribution in [1.82, 2.24) is 0 Å². The van der Waals surface area contributed by atoms with Crippen molar-refractivity contribution < 1.29 is 4.39 Å². The van der Waals surface area contributed by atoms with E-state index >= 15 is 0 Å². The van der Waals surface area contributed by atoms with E-state index in [-0.39, 0.29) is 0 Å². The van der Waals surface area contributed by atoms with Crippen LogP contribution in [0.3, 0.4) is 0 Å². The molecule has 0 rings (SSSR count). The third-order valence-electron chi connectivity index (χ3n) is 1.93. The summed E-state index contributed by atoms with van der Waals surface area (Å²) in [5.41, 5.74) is 0.874. The predicted molar refractivity (Wildman–Crippen MR) is 61.6 cm³/mol. The summed E-state index contributed by atoms with van der Waals surface area (Å²) in [5.74, 6) is 0. The molecule has 0 aliphatic carbocycles. The number of allylic oxidation sites excluding steroid dienone is 3. The van der Waals surface area contributed by atoms with Gasteiger partial charge in [-0.05, 0) is 31.8 Å². The molecule has 0 aromatic carbocycles. The maximum atomic E-state index is 13.6. The summed E-state index contributed by atoms with van der Waals surface area (Å²) in [4.78, 5) is 0. The van der Waals surface area contributed by atoms with Crippen LogP contribution in [0.5, 0.6) is 0 Å². The Labute approximate surface area is 83.5 Å². The topological polar surface area (TPSA) is 0 Å². The summed E-state index contributed by atoms with van der Waals surface area (Å²) in [6.07, 6.45) is 7.49. The van der Waals surface area contributed by atoms with Crippen molar-refractivity contribution in [2.45, 2.75) is 44.9 Å². The van der Waals surface area contributed by atoms with E-state index < -0.39 is 5.41 Å². The quantitative estimate of drug-likeness (QED) is 0.446. The molecule has 0 heterocycles. The van der Waals surface area contributed by atoms with Crippen LogP contribution in [0, 0.1) is 0 Å². The van der Waals surface area contributed by atoms with Crippen molar-refractivity contribution >= 4 is 9.24 Å². The zero-order valence-corrected chi connectivity index (χ0v) is 9.80. The average molecular weight is 202 g/mol. The van der Waals surface area contributed by atoms with Gasteiger partial charge in [-0.25, -0.2) is 4.39 Å². The van der Waals surface area contributed by atoms with Gasteiger partial charge in [-0.15, -0.1) is 6.58 Å². The first-order valence-electron chi connectivity index (χ1n) is 4.80. The van der Waals surface area contributed by atoms with Gasteiger partial charge in [0, 0.05) is 0 Å². The molecule has 0 amide bonds. The minimum Gasteiger partial charge on any atom is -0.235 e. The van der Waals surface area contributed by atoms with E-state index in [1.54, 1.807) is 6.92 Å². The highest BCUT2D eigenvalue weighted by Gasteiger charge is 2.20. The van der Waals surface area contributed by atoms with Crippen LogP contribution in [0.25, 0.3) is 0 Å². The number of alkyl halides is 1. The van der Waals surface area contributed by atoms with Crippen LogP contribution in [0.4, 0.5) is 4.39 Å². The van der Waals surface area contributed by atoms with Gasteiger partial charge in [0.2, 0.25) is 0 Å². The zero-order valence-electron chi connectivity index (χ0n) is 8.65. The Bertz CT molecular complexity index is 177. The van der Waals surface area contributed by atoms with Gasteiger partial charge >= 0.3 is 0 Å². The van der Waals surface area contributed by atoms with Crippen molar-refractivity contribution in [3.05, 3.63) is 24.3 Å². The van der Waals surface area contributed by atoms with Gasteiger partial charge < -0.3 is 0 Å². The number of unbranched alkanes of at least 4 members (excludes halogenated alkanes) is 1. The molecule has 0 aliphatic heterocycles. The number of hydrogen-bond acceptors (Lipinski definition) is 0. The van der Waals surface area contributed by atoms with E-state index in [1.165, 1.54) is 0 Å². The molecule has 2 atom stereocenters. The molecule has 0 saturated heterocycles. The molecule has 0 spiro atoms. The van der Waals surface area contributed by atoms with E-state index in [1.807, 2.05) is 12.2 Å². The molecular weight excluding hydrogens is 182 g/mol. The normalized spacial score (nSPS) is 16.8. The molecule has 0 fully saturated rings. The average Bonchev–Trinajstić information content (AvgIpc) is 2.02. The highest BCUT2D eigenvalue weighted by atomic mass is 31.0. The molecular formula is C11H20FP. The van der Waals surface area contributed by atoms with Gasteiger partial charge in [0.1, 0.15) is 5.41 Å². The molecule has 13 heavy (non-hydrogen) atoms. The number of hydrogen-bond donors (Lipinski definition) is 0.